The van der Waals surface area contributed by atoms with E-state index in [9.17, 15) is 4.79 Å². The molecule has 0 aliphatic heterocycles. The average Bonchev–Trinajstić information content (AvgIpc) is 3.02. The minimum Gasteiger partial charge on any atom is -0.385 e. The molecule has 3 heteroatoms. The van der Waals surface area contributed by atoms with E-state index >= 15 is 0 Å². The van der Waals surface area contributed by atoms with Crippen LogP contribution in [0, 0.1) is 18.3 Å². The van der Waals surface area contributed by atoms with Crippen LogP contribution in [0.2, 0.25) is 0 Å². The van der Waals surface area contributed by atoms with Crippen LogP contribution in [0.15, 0.2) is 18.2 Å². The number of aryl methyl sites for hydroxylation is 1. The lowest BCUT2D eigenvalue weighted by Gasteiger charge is -2.11. The zero-order valence-corrected chi connectivity index (χ0v) is 13.0. The minimum absolute atomic E-state index is 0.0397. The highest BCUT2D eigenvalue weighted by Crippen LogP contribution is 2.50. The van der Waals surface area contributed by atoms with Crippen LogP contribution in [0.3, 0.4) is 0 Å². The van der Waals surface area contributed by atoms with Gasteiger partial charge in [0.1, 0.15) is 0 Å². The van der Waals surface area contributed by atoms with Gasteiger partial charge in [-0.3, -0.25) is 4.79 Å². The monoisotopic (exact) mass is 274 g/mol. The van der Waals surface area contributed by atoms with Gasteiger partial charge in [0.25, 0.3) is 5.91 Å². The van der Waals surface area contributed by atoms with Crippen LogP contribution in [-0.4, -0.2) is 19.0 Å². The second kappa shape index (κ2) is 5.86. The SMILES string of the molecule is CCCNc1ccc(C(=O)NCC2CC2(C)C)cc1C. The van der Waals surface area contributed by atoms with Gasteiger partial charge in [-0.25, -0.2) is 0 Å². The standard InChI is InChI=1S/C17H26N2O/c1-5-8-18-15-7-6-13(9-12(15)2)16(20)19-11-14-10-17(14,3)4/h6-7,9,14,18H,5,8,10-11H2,1-4H3,(H,19,20). The summed E-state index contributed by atoms with van der Waals surface area (Å²) >= 11 is 0. The molecule has 2 rings (SSSR count). The van der Waals surface area contributed by atoms with Crippen molar-refractivity contribution >= 4 is 11.6 Å². The fourth-order valence-corrected chi connectivity index (χ4v) is 2.51. The van der Waals surface area contributed by atoms with Crippen molar-refractivity contribution in [3.8, 4) is 0 Å². The lowest BCUT2D eigenvalue weighted by Crippen LogP contribution is -2.26. The van der Waals surface area contributed by atoms with E-state index in [1.807, 2.05) is 25.1 Å². The second-order valence-electron chi connectivity index (χ2n) is 6.56. The quantitative estimate of drug-likeness (QED) is 0.832. The molecule has 110 valence electrons. The van der Waals surface area contributed by atoms with Crippen molar-refractivity contribution in [3.05, 3.63) is 29.3 Å². The van der Waals surface area contributed by atoms with Gasteiger partial charge in [0.2, 0.25) is 0 Å². The van der Waals surface area contributed by atoms with Crippen molar-refractivity contribution < 1.29 is 4.79 Å². The topological polar surface area (TPSA) is 41.1 Å². The molecule has 0 spiro atoms. The molecule has 1 aromatic carbocycles. The predicted octanol–water partition coefficient (Wildman–Crippen LogP) is 3.59. The van der Waals surface area contributed by atoms with Crippen molar-refractivity contribution in [1.29, 1.82) is 0 Å². The zero-order valence-electron chi connectivity index (χ0n) is 13.0. The van der Waals surface area contributed by atoms with Gasteiger partial charge in [0.05, 0.1) is 0 Å². The smallest absolute Gasteiger partial charge is 0.251 e. The fraction of sp³-hybridized carbons (Fsp3) is 0.588. The highest BCUT2D eigenvalue weighted by molar-refractivity contribution is 5.94. The molecule has 1 fully saturated rings. The molecule has 2 N–H and O–H groups in total. The number of carbonyl (C=O) groups is 1. The maximum Gasteiger partial charge on any atom is 0.251 e. The van der Waals surface area contributed by atoms with E-state index in [0.717, 1.165) is 36.3 Å². The molecule has 20 heavy (non-hydrogen) atoms. The van der Waals surface area contributed by atoms with Gasteiger partial charge >= 0.3 is 0 Å². The molecule has 0 aromatic heterocycles. The summed E-state index contributed by atoms with van der Waals surface area (Å²) in [5.41, 5.74) is 3.41. The number of hydrogen-bond acceptors (Lipinski definition) is 2. The molecule has 1 amide bonds. The Hall–Kier alpha value is -1.51. The van der Waals surface area contributed by atoms with Crippen LogP contribution in [0.1, 0.15) is 49.5 Å². The summed E-state index contributed by atoms with van der Waals surface area (Å²) in [4.78, 5) is 12.1. The van der Waals surface area contributed by atoms with E-state index in [1.54, 1.807) is 0 Å². The molecule has 1 aliphatic rings. The third-order valence-corrected chi connectivity index (χ3v) is 4.28. The van der Waals surface area contributed by atoms with Crippen molar-refractivity contribution in [2.24, 2.45) is 11.3 Å². The molecule has 1 aliphatic carbocycles. The Labute approximate surface area is 122 Å². The first-order valence-electron chi connectivity index (χ1n) is 7.57. The summed E-state index contributed by atoms with van der Waals surface area (Å²) in [7, 11) is 0. The van der Waals surface area contributed by atoms with E-state index in [2.05, 4.69) is 31.4 Å². The van der Waals surface area contributed by atoms with Crippen LogP contribution in [0.5, 0.6) is 0 Å². The normalized spacial score (nSPS) is 19.5. The van der Waals surface area contributed by atoms with Crippen molar-refractivity contribution in [3.63, 3.8) is 0 Å². The number of rotatable bonds is 6. The molecule has 0 radical (unpaired) electrons. The van der Waals surface area contributed by atoms with Gasteiger partial charge in [-0.1, -0.05) is 20.8 Å². The Balaban J connectivity index is 1.91. The van der Waals surface area contributed by atoms with Gasteiger partial charge in [-0.15, -0.1) is 0 Å². The lowest BCUT2D eigenvalue weighted by molar-refractivity contribution is 0.0950. The van der Waals surface area contributed by atoms with Crippen molar-refractivity contribution in [2.75, 3.05) is 18.4 Å². The van der Waals surface area contributed by atoms with Crippen LogP contribution in [0.4, 0.5) is 5.69 Å². The van der Waals surface area contributed by atoms with E-state index in [0.29, 0.717) is 11.3 Å². The molecule has 3 nitrogen and oxygen atoms in total. The van der Waals surface area contributed by atoms with E-state index < -0.39 is 0 Å². The molecule has 1 unspecified atom stereocenters. The average molecular weight is 274 g/mol. The first-order valence-corrected chi connectivity index (χ1v) is 7.57. The van der Waals surface area contributed by atoms with Gasteiger partial charge in [0, 0.05) is 24.3 Å². The fourth-order valence-electron chi connectivity index (χ4n) is 2.51. The van der Waals surface area contributed by atoms with E-state index in [4.69, 9.17) is 0 Å². The summed E-state index contributed by atoms with van der Waals surface area (Å²) in [6, 6.07) is 5.87. The zero-order chi connectivity index (χ0) is 14.8. The van der Waals surface area contributed by atoms with Crippen LogP contribution in [0.25, 0.3) is 0 Å². The lowest BCUT2D eigenvalue weighted by atomic mass is 10.1. The van der Waals surface area contributed by atoms with Crippen molar-refractivity contribution in [2.45, 2.75) is 40.5 Å². The number of anilines is 1. The van der Waals surface area contributed by atoms with E-state index in [1.165, 1.54) is 6.42 Å². The highest BCUT2D eigenvalue weighted by atomic mass is 16.1. The molecule has 0 bridgehead atoms. The largest absolute Gasteiger partial charge is 0.385 e. The number of hydrogen-bond donors (Lipinski definition) is 2. The van der Waals surface area contributed by atoms with Gasteiger partial charge in [0.15, 0.2) is 0 Å². The van der Waals surface area contributed by atoms with Crippen LogP contribution >= 0.6 is 0 Å². The number of benzene rings is 1. The third kappa shape index (κ3) is 3.53. The van der Waals surface area contributed by atoms with Crippen LogP contribution in [-0.2, 0) is 0 Å². The first kappa shape index (κ1) is 14.9. The molecule has 0 saturated heterocycles. The molecular weight excluding hydrogens is 248 g/mol. The molecule has 1 saturated carbocycles. The van der Waals surface area contributed by atoms with Gasteiger partial charge < -0.3 is 10.6 Å². The summed E-state index contributed by atoms with van der Waals surface area (Å²) in [5.74, 6) is 0.677. The summed E-state index contributed by atoms with van der Waals surface area (Å²) in [6.07, 6.45) is 2.31. The Morgan fingerprint density at radius 3 is 2.65 bits per heavy atom. The Morgan fingerprint density at radius 2 is 2.10 bits per heavy atom. The van der Waals surface area contributed by atoms with Gasteiger partial charge in [-0.2, -0.15) is 0 Å². The molecule has 1 atom stereocenters. The Bertz CT molecular complexity index is 494. The molecule has 1 aromatic rings. The Morgan fingerprint density at radius 1 is 1.40 bits per heavy atom. The predicted molar refractivity (Wildman–Crippen MR) is 84.2 cm³/mol. The number of nitrogens with one attached hydrogen (secondary N) is 2. The van der Waals surface area contributed by atoms with Crippen LogP contribution < -0.4 is 10.6 Å². The first-order chi connectivity index (χ1) is 9.44. The molecular formula is C17H26N2O. The van der Waals surface area contributed by atoms with Gasteiger partial charge in [-0.05, 0) is 54.9 Å². The number of carbonyl (C=O) groups excluding carboxylic acids is 1. The summed E-state index contributed by atoms with van der Waals surface area (Å²) < 4.78 is 0. The Kier molecular flexibility index (Phi) is 4.36. The van der Waals surface area contributed by atoms with E-state index in [-0.39, 0.29) is 5.91 Å². The van der Waals surface area contributed by atoms with Crippen molar-refractivity contribution in [1.82, 2.24) is 5.32 Å². The third-order valence-electron chi connectivity index (χ3n) is 4.28. The summed E-state index contributed by atoms with van der Waals surface area (Å²) in [6.45, 7) is 10.4. The summed E-state index contributed by atoms with van der Waals surface area (Å²) in [5, 5.41) is 6.42. The second-order valence-corrected chi connectivity index (χ2v) is 6.56. The maximum absolute atomic E-state index is 12.1. The number of amides is 1. The molecule has 0 heterocycles. The highest BCUT2D eigenvalue weighted by Gasteiger charge is 2.45. The minimum atomic E-state index is 0.0397. The maximum atomic E-state index is 12.1.